The molecule has 42 heavy (non-hydrogen) atoms. The Morgan fingerprint density at radius 2 is 1.93 bits per heavy atom. The molecule has 0 radical (unpaired) electrons. The average Bonchev–Trinajstić information content (AvgIpc) is 3.36. The topological polar surface area (TPSA) is 118 Å². The molecule has 0 spiro atoms. The highest BCUT2D eigenvalue weighted by molar-refractivity contribution is 6.30. The maximum absolute atomic E-state index is 14.3. The third-order valence-electron chi connectivity index (χ3n) is 7.53. The number of pyridine rings is 2. The number of carbonyl (C=O) groups is 1. The fourth-order valence-corrected chi connectivity index (χ4v) is 5.41. The van der Waals surface area contributed by atoms with Crippen molar-refractivity contribution in [1.29, 1.82) is 0 Å². The fourth-order valence-electron chi connectivity index (χ4n) is 5.29. The molecule has 3 N–H and O–H groups in total. The van der Waals surface area contributed by atoms with Gasteiger partial charge < -0.3 is 29.8 Å². The van der Waals surface area contributed by atoms with Crippen molar-refractivity contribution in [2.45, 2.75) is 52.2 Å². The van der Waals surface area contributed by atoms with Crippen molar-refractivity contribution in [1.82, 2.24) is 14.9 Å². The van der Waals surface area contributed by atoms with Crippen LogP contribution in [0.1, 0.15) is 56.3 Å². The SMILES string of the molecule is CC(C)(C)c1cc(-c2ccc(Cl)c(F)c2)nc2cc(C(=O)N3CCN(c4ccc(COCO)c(N)n4)CC3(C)C)oc12. The van der Waals surface area contributed by atoms with E-state index in [9.17, 15) is 9.18 Å². The van der Waals surface area contributed by atoms with E-state index in [1.807, 2.05) is 52.8 Å². The number of amides is 1. The summed E-state index contributed by atoms with van der Waals surface area (Å²) in [4.78, 5) is 27.0. The minimum Gasteiger partial charge on any atom is -0.449 e. The molecule has 1 aliphatic rings. The standard InChI is InChI=1S/C31H35ClFN5O4/c1-30(2,3)20-13-23(18-6-8-21(32)22(33)12-18)35-24-14-25(42-27(20)24)29(40)38-11-10-37(16-31(38,4)5)26-9-7-19(15-41-17-39)28(34)36-26/h6-9,12-14,39H,10-11,15-17H2,1-5H3,(H2,34,36). The Labute approximate surface area is 249 Å². The van der Waals surface area contributed by atoms with Gasteiger partial charge in [-0.05, 0) is 49.6 Å². The predicted molar refractivity (Wildman–Crippen MR) is 161 cm³/mol. The van der Waals surface area contributed by atoms with Crippen molar-refractivity contribution in [3.63, 3.8) is 0 Å². The van der Waals surface area contributed by atoms with E-state index < -0.39 is 18.1 Å². The number of halogens is 2. The van der Waals surface area contributed by atoms with Crippen LogP contribution in [0.4, 0.5) is 16.0 Å². The van der Waals surface area contributed by atoms with Gasteiger partial charge in [-0.3, -0.25) is 4.79 Å². The molecule has 0 saturated carbocycles. The second-order valence-electron chi connectivity index (χ2n) is 12.1. The van der Waals surface area contributed by atoms with Crippen LogP contribution in [0.25, 0.3) is 22.4 Å². The molecule has 0 atom stereocenters. The highest BCUT2D eigenvalue weighted by Crippen LogP contribution is 2.36. The number of aliphatic hydroxyl groups is 1. The van der Waals surface area contributed by atoms with Crippen LogP contribution in [-0.2, 0) is 16.8 Å². The Bertz CT molecular complexity index is 1650. The number of hydrogen-bond acceptors (Lipinski definition) is 8. The minimum atomic E-state index is -0.560. The Kier molecular flexibility index (Phi) is 7.91. The molecule has 4 aromatic rings. The number of benzene rings is 1. The van der Waals surface area contributed by atoms with Crippen LogP contribution in [0.15, 0.2) is 46.9 Å². The van der Waals surface area contributed by atoms with Crippen molar-refractivity contribution in [2.75, 3.05) is 37.1 Å². The number of hydrogen-bond donors (Lipinski definition) is 2. The monoisotopic (exact) mass is 595 g/mol. The Hall–Kier alpha value is -3.73. The zero-order chi connectivity index (χ0) is 30.4. The molecule has 1 saturated heterocycles. The number of rotatable bonds is 6. The first-order valence-electron chi connectivity index (χ1n) is 13.7. The summed E-state index contributed by atoms with van der Waals surface area (Å²) in [5.74, 6) is 0.472. The second-order valence-corrected chi connectivity index (χ2v) is 12.5. The van der Waals surface area contributed by atoms with E-state index in [-0.39, 0.29) is 28.7 Å². The third-order valence-corrected chi connectivity index (χ3v) is 7.84. The van der Waals surface area contributed by atoms with Gasteiger partial charge in [-0.25, -0.2) is 14.4 Å². The molecule has 0 unspecified atom stereocenters. The van der Waals surface area contributed by atoms with Gasteiger partial charge in [-0.1, -0.05) is 38.4 Å². The molecule has 4 heterocycles. The van der Waals surface area contributed by atoms with Crippen LogP contribution in [0.3, 0.4) is 0 Å². The number of anilines is 2. The number of carbonyl (C=O) groups excluding carboxylic acids is 1. The molecule has 222 valence electrons. The normalized spacial score (nSPS) is 15.4. The highest BCUT2D eigenvalue weighted by atomic mass is 35.5. The maximum Gasteiger partial charge on any atom is 0.290 e. The summed E-state index contributed by atoms with van der Waals surface area (Å²) >= 11 is 5.90. The van der Waals surface area contributed by atoms with Crippen molar-refractivity contribution in [3.8, 4) is 11.3 Å². The van der Waals surface area contributed by atoms with Gasteiger partial charge in [0.1, 0.15) is 29.8 Å². The zero-order valence-electron chi connectivity index (χ0n) is 24.4. The number of nitrogens with two attached hydrogens (primary N) is 1. The lowest BCUT2D eigenvalue weighted by molar-refractivity contribution is -0.0110. The summed E-state index contributed by atoms with van der Waals surface area (Å²) in [6.45, 7) is 11.4. The van der Waals surface area contributed by atoms with E-state index in [1.54, 1.807) is 17.0 Å². The van der Waals surface area contributed by atoms with E-state index in [0.29, 0.717) is 59.2 Å². The van der Waals surface area contributed by atoms with Gasteiger partial charge in [0.25, 0.3) is 5.91 Å². The highest BCUT2D eigenvalue weighted by Gasteiger charge is 2.39. The summed E-state index contributed by atoms with van der Waals surface area (Å²) in [6, 6.07) is 11.8. The van der Waals surface area contributed by atoms with E-state index in [2.05, 4.69) is 9.88 Å². The minimum absolute atomic E-state index is 0.0405. The average molecular weight is 596 g/mol. The van der Waals surface area contributed by atoms with Gasteiger partial charge in [0, 0.05) is 42.4 Å². The van der Waals surface area contributed by atoms with Crippen molar-refractivity contribution >= 4 is 40.2 Å². The molecule has 11 heteroatoms. The molecule has 0 bridgehead atoms. The van der Waals surface area contributed by atoms with Crippen LogP contribution >= 0.6 is 11.6 Å². The summed E-state index contributed by atoms with van der Waals surface area (Å²) in [5.41, 5.74) is 8.99. The van der Waals surface area contributed by atoms with Gasteiger partial charge >= 0.3 is 0 Å². The molecule has 1 aromatic carbocycles. The summed E-state index contributed by atoms with van der Waals surface area (Å²) in [6.07, 6.45) is 0. The number of nitrogens with zero attached hydrogens (tertiary/aromatic N) is 4. The number of furan rings is 1. The second kappa shape index (κ2) is 11.2. The third kappa shape index (κ3) is 5.79. The first-order valence-corrected chi connectivity index (χ1v) is 14.1. The Morgan fingerprint density at radius 1 is 1.17 bits per heavy atom. The summed E-state index contributed by atoms with van der Waals surface area (Å²) < 4.78 is 25.5. The molecule has 5 rings (SSSR count). The van der Waals surface area contributed by atoms with Gasteiger partial charge in [0.2, 0.25) is 0 Å². The lowest BCUT2D eigenvalue weighted by atomic mass is 9.86. The van der Waals surface area contributed by atoms with Crippen molar-refractivity contribution in [3.05, 3.63) is 70.2 Å². The van der Waals surface area contributed by atoms with E-state index in [1.165, 1.54) is 12.1 Å². The van der Waals surface area contributed by atoms with Crippen LogP contribution in [0.5, 0.6) is 0 Å². The van der Waals surface area contributed by atoms with E-state index in [0.717, 1.165) is 5.56 Å². The molecular weight excluding hydrogens is 561 g/mol. The summed E-state index contributed by atoms with van der Waals surface area (Å²) in [5, 5.41) is 8.94. The van der Waals surface area contributed by atoms with E-state index >= 15 is 0 Å². The number of aromatic nitrogens is 2. The number of aliphatic hydroxyl groups excluding tert-OH is 1. The molecule has 1 amide bonds. The first-order chi connectivity index (χ1) is 19.8. The Balaban J connectivity index is 1.43. The molecule has 9 nitrogen and oxygen atoms in total. The van der Waals surface area contributed by atoms with Crippen molar-refractivity contribution in [2.24, 2.45) is 0 Å². The molecule has 1 aliphatic heterocycles. The lowest BCUT2D eigenvalue weighted by Crippen LogP contribution is -2.61. The van der Waals surface area contributed by atoms with Crippen LogP contribution in [0.2, 0.25) is 5.02 Å². The summed E-state index contributed by atoms with van der Waals surface area (Å²) in [7, 11) is 0. The van der Waals surface area contributed by atoms with Crippen LogP contribution < -0.4 is 10.6 Å². The van der Waals surface area contributed by atoms with Crippen molar-refractivity contribution < 1.29 is 23.4 Å². The smallest absolute Gasteiger partial charge is 0.290 e. The number of nitrogen functional groups attached to an aromatic ring is 1. The van der Waals surface area contributed by atoms with Crippen LogP contribution in [0, 0.1) is 5.82 Å². The Morgan fingerprint density at radius 3 is 2.57 bits per heavy atom. The van der Waals surface area contributed by atoms with Gasteiger partial charge in [0.15, 0.2) is 11.3 Å². The largest absolute Gasteiger partial charge is 0.449 e. The van der Waals surface area contributed by atoms with Gasteiger partial charge in [-0.2, -0.15) is 0 Å². The fraction of sp³-hybridized carbons (Fsp3) is 0.387. The first kappa shape index (κ1) is 29.8. The predicted octanol–water partition coefficient (Wildman–Crippen LogP) is 5.77. The lowest BCUT2D eigenvalue weighted by Gasteiger charge is -2.47. The number of ether oxygens (including phenoxy) is 1. The van der Waals surface area contributed by atoms with E-state index in [4.69, 9.17) is 36.6 Å². The molecule has 0 aliphatic carbocycles. The maximum atomic E-state index is 14.3. The molecular formula is C31H35ClFN5O4. The van der Waals surface area contributed by atoms with Gasteiger partial charge in [0.05, 0.1) is 22.9 Å². The molecule has 1 fully saturated rings. The van der Waals surface area contributed by atoms with Crippen LogP contribution in [-0.4, -0.2) is 57.8 Å². The number of fused-ring (bicyclic) bond motifs is 1. The quantitative estimate of drug-likeness (QED) is 0.270. The zero-order valence-corrected chi connectivity index (χ0v) is 25.1. The molecule has 3 aromatic heterocycles. The number of piperazine rings is 1. The van der Waals surface area contributed by atoms with Gasteiger partial charge in [-0.15, -0.1) is 0 Å².